The fourth-order valence-corrected chi connectivity index (χ4v) is 2.33. The number of anilines is 1. The molecule has 3 rings (SSSR count). The van der Waals surface area contributed by atoms with E-state index < -0.39 is 17.1 Å². The van der Waals surface area contributed by atoms with Crippen LogP contribution in [0, 0.1) is 5.82 Å². The van der Waals surface area contributed by atoms with Crippen LogP contribution in [0.2, 0.25) is 0 Å². The van der Waals surface area contributed by atoms with Gasteiger partial charge in [0.1, 0.15) is 5.82 Å². The molecule has 3 N–H and O–H groups in total. The number of nitrogens with two attached hydrogens (primary N) is 1. The van der Waals surface area contributed by atoms with Crippen LogP contribution in [0.4, 0.5) is 10.1 Å². The van der Waals surface area contributed by atoms with Crippen LogP contribution in [0.5, 0.6) is 0 Å². The van der Waals surface area contributed by atoms with Crippen LogP contribution in [-0.4, -0.2) is 9.55 Å². The molecule has 0 saturated heterocycles. The Kier molecular flexibility index (Phi) is 2.51. The molecule has 1 heterocycles. The van der Waals surface area contributed by atoms with Gasteiger partial charge in [0.25, 0.3) is 5.56 Å². The maximum Gasteiger partial charge on any atom is 0.328 e. The Balaban J connectivity index is 1.90. The second-order valence-electron chi connectivity index (χ2n) is 4.71. The van der Waals surface area contributed by atoms with Crippen molar-refractivity contribution in [3.05, 3.63) is 62.7 Å². The second kappa shape index (κ2) is 4.08. The van der Waals surface area contributed by atoms with Crippen LogP contribution in [0.1, 0.15) is 23.9 Å². The Morgan fingerprint density at radius 2 is 2.11 bits per heavy atom. The molecule has 1 aromatic carbocycles. The van der Waals surface area contributed by atoms with E-state index in [1.165, 1.54) is 22.9 Å². The van der Waals surface area contributed by atoms with Crippen molar-refractivity contribution in [1.82, 2.24) is 9.55 Å². The molecule has 0 radical (unpaired) electrons. The van der Waals surface area contributed by atoms with Crippen molar-refractivity contribution in [3.63, 3.8) is 0 Å². The van der Waals surface area contributed by atoms with Crippen molar-refractivity contribution in [1.29, 1.82) is 0 Å². The zero-order valence-corrected chi connectivity index (χ0v) is 9.97. The highest BCUT2D eigenvalue weighted by atomic mass is 19.1. The SMILES string of the molecule is Nc1cc(C2CC2n2ccc(=O)[nH]c2=O)ccc1F. The average Bonchev–Trinajstić information content (AvgIpc) is 3.13. The van der Waals surface area contributed by atoms with E-state index in [9.17, 15) is 14.0 Å². The first-order valence-electron chi connectivity index (χ1n) is 5.92. The summed E-state index contributed by atoms with van der Waals surface area (Å²) in [7, 11) is 0. The Bertz CT molecular complexity index is 750. The van der Waals surface area contributed by atoms with Crippen LogP contribution < -0.4 is 17.0 Å². The predicted octanol–water partition coefficient (Wildman–Crippen LogP) is 0.986. The van der Waals surface area contributed by atoms with Gasteiger partial charge in [-0.1, -0.05) is 6.07 Å². The number of rotatable bonds is 2. The molecule has 1 aromatic heterocycles. The van der Waals surface area contributed by atoms with Gasteiger partial charge in [0.2, 0.25) is 0 Å². The minimum Gasteiger partial charge on any atom is -0.396 e. The summed E-state index contributed by atoms with van der Waals surface area (Å²) in [5.41, 5.74) is 5.71. The molecule has 0 amide bonds. The quantitative estimate of drug-likeness (QED) is 0.791. The molecule has 1 aliphatic carbocycles. The van der Waals surface area contributed by atoms with Gasteiger partial charge in [-0.15, -0.1) is 0 Å². The summed E-state index contributed by atoms with van der Waals surface area (Å²) >= 11 is 0. The number of H-pyrrole nitrogens is 1. The number of nitrogens with one attached hydrogen (secondary N) is 1. The topological polar surface area (TPSA) is 80.9 Å². The van der Waals surface area contributed by atoms with E-state index in [0.717, 1.165) is 12.0 Å². The Morgan fingerprint density at radius 1 is 1.32 bits per heavy atom. The first-order valence-corrected chi connectivity index (χ1v) is 5.92. The van der Waals surface area contributed by atoms with E-state index in [1.54, 1.807) is 12.1 Å². The summed E-state index contributed by atoms with van der Waals surface area (Å²) in [5, 5.41) is 0. The van der Waals surface area contributed by atoms with Crippen LogP contribution in [0.3, 0.4) is 0 Å². The molecule has 1 aliphatic rings. The molecule has 5 nitrogen and oxygen atoms in total. The summed E-state index contributed by atoms with van der Waals surface area (Å²) < 4.78 is 14.6. The van der Waals surface area contributed by atoms with Crippen LogP contribution in [0.25, 0.3) is 0 Å². The monoisotopic (exact) mass is 261 g/mol. The zero-order valence-electron chi connectivity index (χ0n) is 9.97. The first kappa shape index (κ1) is 11.7. The maximum absolute atomic E-state index is 13.1. The number of nitrogens with zero attached hydrogens (tertiary/aromatic N) is 1. The third kappa shape index (κ3) is 2.05. The average molecular weight is 261 g/mol. The lowest BCUT2D eigenvalue weighted by Crippen LogP contribution is -2.28. The number of benzene rings is 1. The Morgan fingerprint density at radius 3 is 2.79 bits per heavy atom. The highest BCUT2D eigenvalue weighted by molar-refractivity contribution is 5.45. The molecule has 0 spiro atoms. The van der Waals surface area contributed by atoms with Gasteiger partial charge < -0.3 is 5.73 Å². The normalized spacial score (nSPS) is 21.3. The zero-order chi connectivity index (χ0) is 13.6. The fourth-order valence-electron chi connectivity index (χ4n) is 2.33. The molecule has 2 atom stereocenters. The Labute approximate surface area is 107 Å². The van der Waals surface area contributed by atoms with E-state index >= 15 is 0 Å². The predicted molar refractivity (Wildman–Crippen MR) is 68.5 cm³/mol. The van der Waals surface area contributed by atoms with E-state index in [0.29, 0.717) is 0 Å². The van der Waals surface area contributed by atoms with Crippen molar-refractivity contribution in [2.24, 2.45) is 0 Å². The van der Waals surface area contributed by atoms with Crippen molar-refractivity contribution >= 4 is 5.69 Å². The Hall–Kier alpha value is -2.37. The molecule has 0 bridgehead atoms. The van der Waals surface area contributed by atoms with Gasteiger partial charge >= 0.3 is 5.69 Å². The number of aromatic amines is 1. The van der Waals surface area contributed by atoms with Gasteiger partial charge in [-0.25, -0.2) is 9.18 Å². The summed E-state index contributed by atoms with van der Waals surface area (Å²) in [6, 6.07) is 5.91. The van der Waals surface area contributed by atoms with Gasteiger partial charge in [0.05, 0.1) is 5.69 Å². The summed E-state index contributed by atoms with van der Waals surface area (Å²) in [5.74, 6) is -0.311. The lowest BCUT2D eigenvalue weighted by atomic mass is 10.1. The fraction of sp³-hybridized carbons (Fsp3) is 0.231. The number of nitrogen functional groups attached to an aromatic ring is 1. The van der Waals surface area contributed by atoms with Crippen molar-refractivity contribution < 1.29 is 4.39 Å². The van der Waals surface area contributed by atoms with Gasteiger partial charge in [-0.3, -0.25) is 14.3 Å². The molecule has 19 heavy (non-hydrogen) atoms. The second-order valence-corrected chi connectivity index (χ2v) is 4.71. The molecule has 1 fully saturated rings. The molecular formula is C13H12FN3O2. The molecular weight excluding hydrogens is 249 g/mol. The summed E-state index contributed by atoms with van der Waals surface area (Å²) in [4.78, 5) is 24.9. The minimum atomic E-state index is -0.442. The molecule has 0 aliphatic heterocycles. The molecule has 6 heteroatoms. The highest BCUT2D eigenvalue weighted by Gasteiger charge is 2.40. The van der Waals surface area contributed by atoms with E-state index in [-0.39, 0.29) is 17.6 Å². The molecule has 98 valence electrons. The number of hydrogen-bond donors (Lipinski definition) is 2. The number of halogens is 1. The highest BCUT2D eigenvalue weighted by Crippen LogP contribution is 2.50. The van der Waals surface area contributed by atoms with Crippen LogP contribution >= 0.6 is 0 Å². The third-order valence-corrected chi connectivity index (χ3v) is 3.41. The van der Waals surface area contributed by atoms with E-state index in [1.807, 2.05) is 0 Å². The van der Waals surface area contributed by atoms with Crippen molar-refractivity contribution in [3.8, 4) is 0 Å². The van der Waals surface area contributed by atoms with Crippen LogP contribution in [-0.2, 0) is 0 Å². The van der Waals surface area contributed by atoms with Gasteiger partial charge in [-0.05, 0) is 24.1 Å². The molecule has 2 unspecified atom stereocenters. The van der Waals surface area contributed by atoms with Gasteiger partial charge in [0.15, 0.2) is 0 Å². The summed E-state index contributed by atoms with van der Waals surface area (Å²) in [6.07, 6.45) is 2.26. The van der Waals surface area contributed by atoms with Crippen molar-refractivity contribution in [2.75, 3.05) is 5.73 Å². The summed E-state index contributed by atoms with van der Waals surface area (Å²) in [6.45, 7) is 0. The first-order chi connectivity index (χ1) is 9.06. The van der Waals surface area contributed by atoms with Crippen LogP contribution in [0.15, 0.2) is 40.1 Å². The smallest absolute Gasteiger partial charge is 0.328 e. The third-order valence-electron chi connectivity index (χ3n) is 3.41. The van der Waals surface area contributed by atoms with E-state index in [4.69, 9.17) is 5.73 Å². The molecule has 1 saturated carbocycles. The minimum absolute atomic E-state index is 0.00536. The number of hydrogen-bond acceptors (Lipinski definition) is 3. The standard InChI is InChI=1S/C13H12FN3O2/c14-9-2-1-7(5-10(9)15)8-6-11(8)17-4-3-12(18)16-13(17)19/h1-5,8,11H,6,15H2,(H,16,18,19). The van der Waals surface area contributed by atoms with E-state index in [2.05, 4.69) is 4.98 Å². The van der Waals surface area contributed by atoms with Gasteiger partial charge in [-0.2, -0.15) is 0 Å². The largest absolute Gasteiger partial charge is 0.396 e. The lowest BCUT2D eigenvalue weighted by molar-refractivity contribution is 0.630. The maximum atomic E-state index is 13.1. The van der Waals surface area contributed by atoms with Crippen molar-refractivity contribution in [2.45, 2.75) is 18.4 Å². The molecule has 2 aromatic rings. The number of aromatic nitrogens is 2. The van der Waals surface area contributed by atoms with Gasteiger partial charge in [0, 0.05) is 24.2 Å². The lowest BCUT2D eigenvalue weighted by Gasteiger charge is -2.05.